The Kier molecular flexibility index (Phi) is 7.32. The zero-order chi connectivity index (χ0) is 28.7. The minimum absolute atomic E-state index is 0.0804. The van der Waals surface area contributed by atoms with E-state index in [1.807, 2.05) is 36.4 Å². The van der Waals surface area contributed by atoms with E-state index < -0.39 is 29.6 Å². The molecule has 3 aliphatic heterocycles. The largest absolute Gasteiger partial charge is 0.336 e. The summed E-state index contributed by atoms with van der Waals surface area (Å²) in [6, 6.07) is 17.9. The lowest BCUT2D eigenvalue weighted by Crippen LogP contribution is -2.52. The van der Waals surface area contributed by atoms with Crippen molar-refractivity contribution in [2.45, 2.75) is 32.0 Å². The topological polar surface area (TPSA) is 90.0 Å². The van der Waals surface area contributed by atoms with Gasteiger partial charge in [0.15, 0.2) is 0 Å². The number of benzene rings is 3. The van der Waals surface area contributed by atoms with E-state index in [9.17, 15) is 19.2 Å². The molecular formula is C31H28ClFN4O4. The summed E-state index contributed by atoms with van der Waals surface area (Å²) in [6.07, 6.45) is 0.299. The molecule has 10 heteroatoms. The van der Waals surface area contributed by atoms with E-state index in [-0.39, 0.29) is 42.0 Å². The predicted octanol–water partition coefficient (Wildman–Crippen LogP) is 3.87. The minimum Gasteiger partial charge on any atom is -0.336 e. The van der Waals surface area contributed by atoms with Crippen LogP contribution in [0, 0.1) is 5.82 Å². The first-order valence-corrected chi connectivity index (χ1v) is 14.0. The molecule has 1 atom stereocenters. The third-order valence-electron chi connectivity index (χ3n) is 8.11. The molecule has 3 heterocycles. The van der Waals surface area contributed by atoms with E-state index in [1.165, 1.54) is 22.6 Å². The summed E-state index contributed by atoms with van der Waals surface area (Å²) in [7, 11) is 0. The Balaban J connectivity index is 1.12. The number of fused-ring (bicyclic) bond motifs is 1. The SMILES string of the molecule is O=C1CCC(N2Cc3c(ccc(C(=O)N4CCN(Cc5ccccc5-c5ccc(Cl)cc5)CC4)c3F)C2=O)C(=O)N1. The Bertz CT molecular complexity index is 1550. The number of imide groups is 1. The molecule has 2 fully saturated rings. The van der Waals surface area contributed by atoms with Gasteiger partial charge in [0.05, 0.1) is 12.1 Å². The Morgan fingerprint density at radius 3 is 2.39 bits per heavy atom. The number of carbonyl (C=O) groups is 4. The molecule has 0 bridgehead atoms. The van der Waals surface area contributed by atoms with E-state index in [4.69, 9.17) is 11.6 Å². The number of rotatable bonds is 5. The van der Waals surface area contributed by atoms with Gasteiger partial charge in [0, 0.05) is 55.3 Å². The van der Waals surface area contributed by atoms with Crippen LogP contribution >= 0.6 is 11.6 Å². The Hall–Kier alpha value is -4.08. The highest BCUT2D eigenvalue weighted by molar-refractivity contribution is 6.30. The Labute approximate surface area is 241 Å². The lowest BCUT2D eigenvalue weighted by Gasteiger charge is -2.35. The molecule has 0 saturated carbocycles. The molecule has 0 radical (unpaired) electrons. The second-order valence-corrected chi connectivity index (χ2v) is 11.0. The van der Waals surface area contributed by atoms with Crippen LogP contribution in [0.1, 0.15) is 44.7 Å². The lowest BCUT2D eigenvalue weighted by molar-refractivity contribution is -0.136. The monoisotopic (exact) mass is 574 g/mol. The zero-order valence-corrected chi connectivity index (χ0v) is 23.0. The predicted molar refractivity (Wildman–Crippen MR) is 151 cm³/mol. The van der Waals surface area contributed by atoms with Crippen LogP contribution in [-0.4, -0.2) is 70.5 Å². The fraction of sp³-hybridized carbons (Fsp3) is 0.290. The molecule has 41 heavy (non-hydrogen) atoms. The highest BCUT2D eigenvalue weighted by Crippen LogP contribution is 2.32. The van der Waals surface area contributed by atoms with Crippen molar-refractivity contribution in [2.24, 2.45) is 0 Å². The van der Waals surface area contributed by atoms with Gasteiger partial charge < -0.3 is 9.80 Å². The van der Waals surface area contributed by atoms with Gasteiger partial charge in [0.1, 0.15) is 11.9 Å². The molecule has 1 N–H and O–H groups in total. The van der Waals surface area contributed by atoms with Crippen molar-refractivity contribution >= 4 is 35.2 Å². The van der Waals surface area contributed by atoms with Crippen molar-refractivity contribution in [1.29, 1.82) is 0 Å². The number of piperidine rings is 1. The number of halogens is 2. The van der Waals surface area contributed by atoms with E-state index in [0.29, 0.717) is 37.7 Å². The van der Waals surface area contributed by atoms with Crippen molar-refractivity contribution in [3.8, 4) is 11.1 Å². The molecule has 3 aliphatic rings. The average Bonchev–Trinajstić information content (AvgIpc) is 3.31. The second-order valence-electron chi connectivity index (χ2n) is 10.6. The highest BCUT2D eigenvalue weighted by Gasteiger charge is 2.41. The van der Waals surface area contributed by atoms with Gasteiger partial charge in [-0.25, -0.2) is 4.39 Å². The summed E-state index contributed by atoms with van der Waals surface area (Å²) >= 11 is 6.06. The third kappa shape index (κ3) is 5.23. The molecule has 0 aliphatic carbocycles. The molecule has 3 aromatic carbocycles. The third-order valence-corrected chi connectivity index (χ3v) is 8.36. The molecule has 0 spiro atoms. The van der Waals surface area contributed by atoms with Crippen molar-refractivity contribution in [3.05, 3.63) is 93.8 Å². The molecule has 8 nitrogen and oxygen atoms in total. The first kappa shape index (κ1) is 27.1. The second kappa shape index (κ2) is 11.1. The van der Waals surface area contributed by atoms with Crippen LogP contribution in [0.2, 0.25) is 5.02 Å². The molecule has 6 rings (SSSR count). The molecule has 4 amide bonds. The maximum Gasteiger partial charge on any atom is 0.256 e. The number of carbonyl (C=O) groups excluding carboxylic acids is 4. The van der Waals surface area contributed by atoms with Crippen molar-refractivity contribution < 1.29 is 23.6 Å². The highest BCUT2D eigenvalue weighted by atomic mass is 35.5. The van der Waals surface area contributed by atoms with Crippen LogP contribution in [0.4, 0.5) is 4.39 Å². The number of nitrogens with one attached hydrogen (secondary N) is 1. The number of hydrogen-bond donors (Lipinski definition) is 1. The first-order chi connectivity index (χ1) is 19.8. The maximum atomic E-state index is 15.6. The van der Waals surface area contributed by atoms with E-state index in [0.717, 1.165) is 11.1 Å². The summed E-state index contributed by atoms with van der Waals surface area (Å²) in [4.78, 5) is 55.3. The van der Waals surface area contributed by atoms with Crippen LogP contribution < -0.4 is 5.32 Å². The summed E-state index contributed by atoms with van der Waals surface area (Å²) in [5, 5.41) is 2.92. The Morgan fingerprint density at radius 1 is 0.927 bits per heavy atom. The van der Waals surface area contributed by atoms with Gasteiger partial charge in [-0.2, -0.15) is 0 Å². The average molecular weight is 575 g/mol. The quantitative estimate of drug-likeness (QED) is 0.467. The zero-order valence-electron chi connectivity index (χ0n) is 22.2. The van der Waals surface area contributed by atoms with Gasteiger partial charge in [-0.15, -0.1) is 0 Å². The molecule has 2 saturated heterocycles. The lowest BCUT2D eigenvalue weighted by atomic mass is 9.99. The maximum absolute atomic E-state index is 15.6. The van der Waals surface area contributed by atoms with E-state index in [1.54, 1.807) is 4.90 Å². The summed E-state index contributed by atoms with van der Waals surface area (Å²) in [6.45, 7) is 2.75. The summed E-state index contributed by atoms with van der Waals surface area (Å²) in [5.41, 5.74) is 3.56. The summed E-state index contributed by atoms with van der Waals surface area (Å²) in [5.74, 6) is -2.57. The number of piperazine rings is 1. The van der Waals surface area contributed by atoms with Crippen molar-refractivity contribution in [1.82, 2.24) is 20.0 Å². The number of amides is 4. The van der Waals surface area contributed by atoms with Crippen LogP contribution in [-0.2, 0) is 22.7 Å². The van der Waals surface area contributed by atoms with Gasteiger partial charge in [0.25, 0.3) is 11.8 Å². The molecule has 3 aromatic rings. The van der Waals surface area contributed by atoms with Crippen LogP contribution in [0.3, 0.4) is 0 Å². The van der Waals surface area contributed by atoms with Gasteiger partial charge in [0.2, 0.25) is 11.8 Å². The van der Waals surface area contributed by atoms with Gasteiger partial charge in [-0.1, -0.05) is 48.0 Å². The molecular weight excluding hydrogens is 547 g/mol. The normalized spacial score (nSPS) is 19.4. The Morgan fingerprint density at radius 2 is 1.66 bits per heavy atom. The smallest absolute Gasteiger partial charge is 0.256 e. The van der Waals surface area contributed by atoms with Gasteiger partial charge in [-0.3, -0.25) is 29.4 Å². The van der Waals surface area contributed by atoms with Crippen LogP contribution in [0.25, 0.3) is 11.1 Å². The minimum atomic E-state index is -0.843. The molecule has 0 aromatic heterocycles. The van der Waals surface area contributed by atoms with Gasteiger partial charge >= 0.3 is 0 Å². The number of hydrogen-bond acceptors (Lipinski definition) is 5. The van der Waals surface area contributed by atoms with Crippen molar-refractivity contribution in [3.63, 3.8) is 0 Å². The standard InChI is InChI=1S/C31H28ClFN4O4/c32-21-7-5-19(6-8-21)22-4-2-1-3-20(22)17-35-13-15-36(16-14-35)30(40)24-10-9-23-25(28(24)33)18-37(31(23)41)26-11-12-27(38)34-29(26)39/h1-10,26H,11-18H2,(H,34,38,39). The van der Waals surface area contributed by atoms with E-state index >= 15 is 4.39 Å². The van der Waals surface area contributed by atoms with Crippen molar-refractivity contribution in [2.75, 3.05) is 26.2 Å². The first-order valence-electron chi connectivity index (χ1n) is 13.6. The van der Waals surface area contributed by atoms with Gasteiger partial charge in [-0.05, 0) is 47.4 Å². The van der Waals surface area contributed by atoms with Crippen LogP contribution in [0.15, 0.2) is 60.7 Å². The van der Waals surface area contributed by atoms with Crippen LogP contribution in [0.5, 0.6) is 0 Å². The van der Waals surface area contributed by atoms with E-state index in [2.05, 4.69) is 22.3 Å². The fourth-order valence-corrected chi connectivity index (χ4v) is 5.98. The molecule has 210 valence electrons. The number of nitrogens with zero attached hydrogens (tertiary/aromatic N) is 3. The molecule has 1 unspecified atom stereocenters. The summed E-state index contributed by atoms with van der Waals surface area (Å²) < 4.78 is 15.6. The fourth-order valence-electron chi connectivity index (χ4n) is 5.86.